The predicted octanol–water partition coefficient (Wildman–Crippen LogP) is 14.6. The largest absolute Gasteiger partial charge is 0.462 e. The molecule has 312 valence electrons. The van der Waals surface area contributed by atoms with Crippen LogP contribution in [0.15, 0.2) is 12.2 Å². The van der Waals surface area contributed by atoms with Crippen molar-refractivity contribution in [3.05, 3.63) is 12.2 Å². The van der Waals surface area contributed by atoms with E-state index in [0.717, 1.165) is 77.0 Å². The zero-order valence-electron chi connectivity index (χ0n) is 35.6. The number of ether oxygens (including phenoxy) is 3. The van der Waals surface area contributed by atoms with Gasteiger partial charge in [0.05, 0.1) is 0 Å². The molecule has 1 unspecified atom stereocenters. The van der Waals surface area contributed by atoms with Crippen molar-refractivity contribution in [3.63, 3.8) is 0 Å². The van der Waals surface area contributed by atoms with Crippen molar-refractivity contribution in [1.82, 2.24) is 0 Å². The summed E-state index contributed by atoms with van der Waals surface area (Å²) >= 11 is 0. The van der Waals surface area contributed by atoms with E-state index < -0.39 is 6.10 Å². The van der Waals surface area contributed by atoms with Crippen LogP contribution in [0.3, 0.4) is 0 Å². The van der Waals surface area contributed by atoms with E-state index in [-0.39, 0.29) is 31.1 Å². The van der Waals surface area contributed by atoms with Crippen molar-refractivity contribution in [2.45, 2.75) is 258 Å². The molecule has 0 saturated heterocycles. The van der Waals surface area contributed by atoms with Gasteiger partial charge in [0.1, 0.15) is 13.2 Å². The molecule has 0 aromatic heterocycles. The van der Waals surface area contributed by atoms with Gasteiger partial charge in [-0.25, -0.2) is 0 Å². The topological polar surface area (TPSA) is 78.9 Å². The zero-order chi connectivity index (χ0) is 38.7. The minimum Gasteiger partial charge on any atom is -0.462 e. The average Bonchev–Trinajstić information content (AvgIpc) is 3.15. The van der Waals surface area contributed by atoms with E-state index in [4.69, 9.17) is 14.2 Å². The quantitative estimate of drug-likeness (QED) is 0.0268. The summed E-state index contributed by atoms with van der Waals surface area (Å²) in [5.74, 6) is -0.877. The highest BCUT2D eigenvalue weighted by Crippen LogP contribution is 2.15. The average molecular weight is 749 g/mol. The Morgan fingerprint density at radius 2 is 0.642 bits per heavy atom. The third-order valence-corrected chi connectivity index (χ3v) is 10.3. The molecule has 1 atom stereocenters. The van der Waals surface area contributed by atoms with Crippen LogP contribution >= 0.6 is 0 Å². The number of allylic oxidation sites excluding steroid dienone is 2. The second-order valence-corrected chi connectivity index (χ2v) is 15.7. The first kappa shape index (κ1) is 51.1. The number of unbranched alkanes of at least 4 members (excludes halogenated alkanes) is 29. The number of rotatable bonds is 42. The van der Waals surface area contributed by atoms with Crippen molar-refractivity contribution < 1.29 is 28.6 Å². The van der Waals surface area contributed by atoms with Crippen LogP contribution in [0.25, 0.3) is 0 Å². The number of carbonyl (C=O) groups excluding carboxylic acids is 3. The van der Waals surface area contributed by atoms with Crippen LogP contribution in [-0.2, 0) is 28.6 Å². The lowest BCUT2D eigenvalue weighted by atomic mass is 10.0. The smallest absolute Gasteiger partial charge is 0.306 e. The van der Waals surface area contributed by atoms with Gasteiger partial charge in [0.2, 0.25) is 0 Å². The zero-order valence-corrected chi connectivity index (χ0v) is 35.6. The maximum atomic E-state index is 12.7. The summed E-state index contributed by atoms with van der Waals surface area (Å²) in [6.45, 7) is 6.59. The molecule has 0 bridgehead atoms. The minimum absolute atomic E-state index is 0.0702. The van der Waals surface area contributed by atoms with Crippen molar-refractivity contribution in [2.24, 2.45) is 0 Å². The van der Waals surface area contributed by atoms with E-state index in [1.54, 1.807) is 0 Å². The molecule has 0 aliphatic heterocycles. The molecular weight excluding hydrogens is 661 g/mol. The third kappa shape index (κ3) is 41.2. The highest BCUT2D eigenvalue weighted by Gasteiger charge is 2.19. The van der Waals surface area contributed by atoms with Gasteiger partial charge in [-0.1, -0.05) is 206 Å². The molecule has 6 nitrogen and oxygen atoms in total. The summed E-state index contributed by atoms with van der Waals surface area (Å²) in [5.41, 5.74) is 0. The first-order valence-electron chi connectivity index (χ1n) is 23.2. The second-order valence-electron chi connectivity index (χ2n) is 15.7. The molecule has 0 rings (SSSR count). The van der Waals surface area contributed by atoms with E-state index in [1.807, 2.05) is 0 Å². The Labute approximate surface area is 329 Å². The molecule has 6 heteroatoms. The molecule has 0 heterocycles. The molecule has 0 amide bonds. The van der Waals surface area contributed by atoms with Gasteiger partial charge in [-0.05, 0) is 38.5 Å². The van der Waals surface area contributed by atoms with Gasteiger partial charge >= 0.3 is 17.9 Å². The fourth-order valence-electron chi connectivity index (χ4n) is 6.72. The molecule has 0 aromatic carbocycles. The Hall–Kier alpha value is -1.85. The fraction of sp³-hybridized carbons (Fsp3) is 0.894. The van der Waals surface area contributed by atoms with Gasteiger partial charge in [0, 0.05) is 19.3 Å². The summed E-state index contributed by atoms with van der Waals surface area (Å²) < 4.78 is 16.7. The summed E-state index contributed by atoms with van der Waals surface area (Å²) in [5, 5.41) is 0. The molecule has 0 spiro atoms. The number of hydrogen-bond acceptors (Lipinski definition) is 6. The molecule has 0 N–H and O–H groups in total. The van der Waals surface area contributed by atoms with Crippen LogP contribution in [0.4, 0.5) is 0 Å². The SMILES string of the molecule is CCCC/C=C\CCCCCCC(=O)OC(COC(=O)CCCCCCCCCCCC)COC(=O)CCCCCCCCCCCCCCCCC. The Morgan fingerprint density at radius 1 is 0.358 bits per heavy atom. The molecule has 0 radical (unpaired) electrons. The summed E-state index contributed by atoms with van der Waals surface area (Å²) in [4.78, 5) is 37.7. The Kier molecular flexibility index (Phi) is 41.4. The maximum absolute atomic E-state index is 12.7. The van der Waals surface area contributed by atoms with Crippen LogP contribution in [0, 0.1) is 0 Å². The van der Waals surface area contributed by atoms with E-state index in [0.29, 0.717) is 19.3 Å². The van der Waals surface area contributed by atoms with Crippen molar-refractivity contribution >= 4 is 17.9 Å². The van der Waals surface area contributed by atoms with Crippen LogP contribution in [0.2, 0.25) is 0 Å². The van der Waals surface area contributed by atoms with Gasteiger partial charge in [-0.15, -0.1) is 0 Å². The number of carbonyl (C=O) groups is 3. The van der Waals surface area contributed by atoms with Crippen LogP contribution in [0.1, 0.15) is 252 Å². The molecule has 0 aromatic rings. The standard InChI is InChI=1S/C47H88O6/c1-4-7-10-13-16-19-22-23-24-25-26-29-31-34-37-40-46(49)52-43-44(53-47(50)41-38-35-32-28-21-18-15-12-9-6-3)42-51-45(48)39-36-33-30-27-20-17-14-11-8-5-2/h15,18,44H,4-14,16-17,19-43H2,1-3H3/b18-15-. The first-order chi connectivity index (χ1) is 26.0. The van der Waals surface area contributed by atoms with E-state index >= 15 is 0 Å². The van der Waals surface area contributed by atoms with E-state index in [2.05, 4.69) is 32.9 Å². The Balaban J connectivity index is 4.30. The highest BCUT2D eigenvalue weighted by molar-refractivity contribution is 5.71. The van der Waals surface area contributed by atoms with Crippen LogP contribution in [0.5, 0.6) is 0 Å². The van der Waals surface area contributed by atoms with Gasteiger partial charge < -0.3 is 14.2 Å². The van der Waals surface area contributed by atoms with Crippen molar-refractivity contribution in [1.29, 1.82) is 0 Å². The number of hydrogen-bond donors (Lipinski definition) is 0. The summed E-state index contributed by atoms with van der Waals surface area (Å²) in [7, 11) is 0. The molecule has 53 heavy (non-hydrogen) atoms. The lowest BCUT2D eigenvalue weighted by Gasteiger charge is -2.18. The van der Waals surface area contributed by atoms with E-state index in [1.165, 1.54) is 135 Å². The molecule has 0 fully saturated rings. The molecular formula is C47H88O6. The summed E-state index contributed by atoms with van der Waals surface area (Å²) in [6.07, 6.45) is 44.8. The highest BCUT2D eigenvalue weighted by atomic mass is 16.6. The van der Waals surface area contributed by atoms with Gasteiger partial charge in [0.15, 0.2) is 6.10 Å². The Bertz CT molecular complexity index is 824. The second kappa shape index (κ2) is 42.9. The van der Waals surface area contributed by atoms with Gasteiger partial charge in [-0.3, -0.25) is 14.4 Å². The first-order valence-corrected chi connectivity index (χ1v) is 23.2. The lowest BCUT2D eigenvalue weighted by molar-refractivity contribution is -0.167. The lowest BCUT2D eigenvalue weighted by Crippen LogP contribution is -2.30. The predicted molar refractivity (Wildman–Crippen MR) is 224 cm³/mol. The molecule has 0 aliphatic carbocycles. The summed E-state index contributed by atoms with van der Waals surface area (Å²) in [6, 6.07) is 0. The maximum Gasteiger partial charge on any atom is 0.306 e. The van der Waals surface area contributed by atoms with Gasteiger partial charge in [-0.2, -0.15) is 0 Å². The van der Waals surface area contributed by atoms with Gasteiger partial charge in [0.25, 0.3) is 0 Å². The number of esters is 3. The van der Waals surface area contributed by atoms with Crippen LogP contribution in [-0.4, -0.2) is 37.2 Å². The monoisotopic (exact) mass is 749 g/mol. The minimum atomic E-state index is -0.766. The normalized spacial score (nSPS) is 12.0. The van der Waals surface area contributed by atoms with Crippen molar-refractivity contribution in [3.8, 4) is 0 Å². The third-order valence-electron chi connectivity index (χ3n) is 10.3. The van der Waals surface area contributed by atoms with Crippen molar-refractivity contribution in [2.75, 3.05) is 13.2 Å². The van der Waals surface area contributed by atoms with Crippen LogP contribution < -0.4 is 0 Å². The Morgan fingerprint density at radius 3 is 1.00 bits per heavy atom. The fourth-order valence-corrected chi connectivity index (χ4v) is 6.72. The molecule has 0 saturated carbocycles. The molecule has 0 aliphatic rings. The van der Waals surface area contributed by atoms with E-state index in [9.17, 15) is 14.4 Å².